The van der Waals surface area contributed by atoms with Crippen molar-refractivity contribution in [2.75, 3.05) is 24.9 Å². The number of hydrogen-bond donors (Lipinski definition) is 2. The van der Waals surface area contributed by atoms with Crippen LogP contribution in [0.4, 0.5) is 11.4 Å². The van der Waals surface area contributed by atoms with Gasteiger partial charge >= 0.3 is 11.9 Å². The predicted octanol–water partition coefficient (Wildman–Crippen LogP) is 3.25. The summed E-state index contributed by atoms with van der Waals surface area (Å²) in [6.45, 7) is 1.91. The Bertz CT molecular complexity index is 887. The van der Waals surface area contributed by atoms with E-state index in [4.69, 9.17) is 0 Å². The number of anilines is 2. The molecule has 2 rings (SSSR count). The van der Waals surface area contributed by atoms with Crippen molar-refractivity contribution in [3.63, 3.8) is 0 Å². The third-order valence-electron chi connectivity index (χ3n) is 3.94. The van der Waals surface area contributed by atoms with E-state index in [9.17, 15) is 19.2 Å². The zero-order chi connectivity index (χ0) is 21.4. The first kappa shape index (κ1) is 21.6. The molecule has 2 aromatic rings. The predicted molar refractivity (Wildman–Crippen MR) is 107 cm³/mol. The summed E-state index contributed by atoms with van der Waals surface area (Å²) in [5.41, 5.74) is 1.35. The minimum Gasteiger partial charge on any atom is -0.465 e. The first-order valence-electron chi connectivity index (χ1n) is 8.91. The van der Waals surface area contributed by atoms with E-state index in [1.54, 1.807) is 24.3 Å². The maximum atomic E-state index is 12.5. The Kier molecular flexibility index (Phi) is 7.47. The fraction of sp³-hybridized carbons (Fsp3) is 0.238. The number of nitrogens with one attached hydrogen (secondary N) is 2. The van der Waals surface area contributed by atoms with Crippen LogP contribution in [0.2, 0.25) is 0 Å². The van der Waals surface area contributed by atoms with Gasteiger partial charge in [0.2, 0.25) is 5.91 Å². The first-order valence-corrected chi connectivity index (χ1v) is 8.91. The highest BCUT2D eigenvalue weighted by Crippen LogP contribution is 2.19. The number of carbonyl (C=O) groups is 4. The van der Waals surface area contributed by atoms with Gasteiger partial charge < -0.3 is 20.1 Å². The summed E-state index contributed by atoms with van der Waals surface area (Å²) < 4.78 is 9.35. The zero-order valence-corrected chi connectivity index (χ0v) is 16.4. The van der Waals surface area contributed by atoms with Crippen molar-refractivity contribution in [3.8, 4) is 0 Å². The van der Waals surface area contributed by atoms with Crippen molar-refractivity contribution in [2.24, 2.45) is 0 Å². The summed E-state index contributed by atoms with van der Waals surface area (Å²) >= 11 is 0. The van der Waals surface area contributed by atoms with Crippen LogP contribution >= 0.6 is 0 Å². The summed E-state index contributed by atoms with van der Waals surface area (Å²) in [6.07, 6.45) is 1.16. The van der Waals surface area contributed by atoms with Gasteiger partial charge in [-0.05, 0) is 48.9 Å². The number of rotatable bonds is 7. The van der Waals surface area contributed by atoms with Crippen molar-refractivity contribution in [3.05, 3.63) is 59.2 Å². The lowest BCUT2D eigenvalue weighted by Gasteiger charge is -2.10. The Balaban J connectivity index is 2.20. The Hall–Kier alpha value is -3.68. The first-order chi connectivity index (χ1) is 13.9. The smallest absolute Gasteiger partial charge is 0.337 e. The summed E-state index contributed by atoms with van der Waals surface area (Å²) in [5, 5.41) is 5.37. The molecule has 8 heteroatoms. The van der Waals surface area contributed by atoms with Gasteiger partial charge in [-0.15, -0.1) is 0 Å². The molecule has 0 atom stereocenters. The van der Waals surface area contributed by atoms with Crippen LogP contribution in [-0.4, -0.2) is 38.0 Å². The molecule has 8 nitrogen and oxygen atoms in total. The van der Waals surface area contributed by atoms with Crippen LogP contribution in [0.1, 0.15) is 50.8 Å². The van der Waals surface area contributed by atoms with Gasteiger partial charge in [0, 0.05) is 23.4 Å². The molecule has 0 heterocycles. The van der Waals surface area contributed by atoms with E-state index in [1.165, 1.54) is 32.4 Å². The molecule has 29 heavy (non-hydrogen) atoms. The van der Waals surface area contributed by atoms with Crippen LogP contribution in [0.5, 0.6) is 0 Å². The maximum Gasteiger partial charge on any atom is 0.337 e. The molecule has 0 unspecified atom stereocenters. The molecule has 0 radical (unpaired) electrons. The SMILES string of the molecule is CCCC(=O)Nc1ccc(C(=O)Nc2cc(C(=O)OC)cc(C(=O)OC)c2)cc1. The molecule has 2 N–H and O–H groups in total. The van der Waals surface area contributed by atoms with Gasteiger partial charge in [-0.3, -0.25) is 9.59 Å². The molecule has 2 amide bonds. The van der Waals surface area contributed by atoms with Crippen molar-refractivity contribution in [1.29, 1.82) is 0 Å². The average Bonchev–Trinajstić information content (AvgIpc) is 2.72. The molecule has 0 saturated heterocycles. The maximum absolute atomic E-state index is 12.5. The third-order valence-corrected chi connectivity index (χ3v) is 3.94. The number of benzene rings is 2. The largest absolute Gasteiger partial charge is 0.465 e. The number of ether oxygens (including phenoxy) is 2. The average molecular weight is 398 g/mol. The summed E-state index contributed by atoms with van der Waals surface area (Å²) in [4.78, 5) is 47.8. The molecule has 0 aliphatic carbocycles. The molecule has 0 fully saturated rings. The Labute approximate surface area is 168 Å². The van der Waals surface area contributed by atoms with E-state index < -0.39 is 17.8 Å². The number of hydrogen-bond acceptors (Lipinski definition) is 6. The van der Waals surface area contributed by atoms with E-state index in [0.29, 0.717) is 17.7 Å². The quantitative estimate of drug-likeness (QED) is 0.693. The molecular weight excluding hydrogens is 376 g/mol. The highest BCUT2D eigenvalue weighted by atomic mass is 16.5. The second kappa shape index (κ2) is 10.0. The van der Waals surface area contributed by atoms with E-state index in [1.807, 2.05) is 6.92 Å². The highest BCUT2D eigenvalue weighted by molar-refractivity contribution is 6.06. The van der Waals surface area contributed by atoms with E-state index in [0.717, 1.165) is 6.42 Å². The van der Waals surface area contributed by atoms with Crippen molar-refractivity contribution in [2.45, 2.75) is 19.8 Å². The van der Waals surface area contributed by atoms with E-state index >= 15 is 0 Å². The molecule has 0 spiro atoms. The van der Waals surface area contributed by atoms with Gasteiger partial charge in [-0.1, -0.05) is 6.92 Å². The van der Waals surface area contributed by atoms with Crippen molar-refractivity contribution in [1.82, 2.24) is 0 Å². The number of amides is 2. The summed E-state index contributed by atoms with van der Waals surface area (Å²) in [7, 11) is 2.43. The summed E-state index contributed by atoms with van der Waals surface area (Å²) in [5.74, 6) is -1.86. The van der Waals surface area contributed by atoms with Crippen molar-refractivity contribution < 1.29 is 28.7 Å². The standard InChI is InChI=1S/C21H22N2O6/c1-4-5-18(24)22-16-8-6-13(7-9-16)19(25)23-17-11-14(20(26)28-2)10-15(12-17)21(27)29-3/h6-12H,4-5H2,1-3H3,(H,22,24)(H,23,25). The van der Waals surface area contributed by atoms with Crippen molar-refractivity contribution >= 4 is 35.1 Å². The molecule has 2 aromatic carbocycles. The number of carbonyl (C=O) groups excluding carboxylic acids is 4. The second-order valence-electron chi connectivity index (χ2n) is 6.11. The normalized spacial score (nSPS) is 10.0. The lowest BCUT2D eigenvalue weighted by molar-refractivity contribution is -0.116. The van der Waals surface area contributed by atoms with Crippen LogP contribution in [-0.2, 0) is 14.3 Å². The Morgan fingerprint density at radius 2 is 1.31 bits per heavy atom. The number of esters is 2. The summed E-state index contributed by atoms with van der Waals surface area (Å²) in [6, 6.07) is 10.5. The molecule has 0 aromatic heterocycles. The van der Waals surface area contributed by atoms with Crippen LogP contribution < -0.4 is 10.6 Å². The van der Waals surface area contributed by atoms with Gasteiger partial charge in [0.25, 0.3) is 5.91 Å². The zero-order valence-electron chi connectivity index (χ0n) is 16.4. The molecule has 0 aliphatic rings. The van der Waals surface area contributed by atoms with Gasteiger partial charge in [0.05, 0.1) is 25.3 Å². The lowest BCUT2D eigenvalue weighted by Crippen LogP contribution is -2.15. The topological polar surface area (TPSA) is 111 Å². The highest BCUT2D eigenvalue weighted by Gasteiger charge is 2.15. The van der Waals surface area contributed by atoms with E-state index in [-0.39, 0.29) is 22.7 Å². The fourth-order valence-corrected chi connectivity index (χ4v) is 2.53. The monoisotopic (exact) mass is 398 g/mol. The molecule has 0 saturated carbocycles. The number of methoxy groups -OCH3 is 2. The Morgan fingerprint density at radius 1 is 0.759 bits per heavy atom. The minimum atomic E-state index is -0.654. The molecule has 0 bridgehead atoms. The lowest BCUT2D eigenvalue weighted by atomic mass is 10.1. The van der Waals surface area contributed by atoms with Gasteiger partial charge in [-0.25, -0.2) is 9.59 Å². The minimum absolute atomic E-state index is 0.0969. The third kappa shape index (κ3) is 5.90. The Morgan fingerprint density at radius 3 is 1.79 bits per heavy atom. The van der Waals surface area contributed by atoms with Gasteiger partial charge in [0.1, 0.15) is 0 Å². The molecular formula is C21H22N2O6. The van der Waals surface area contributed by atoms with Crippen LogP contribution in [0, 0.1) is 0 Å². The molecule has 0 aliphatic heterocycles. The van der Waals surface area contributed by atoms with Crippen LogP contribution in [0.3, 0.4) is 0 Å². The fourth-order valence-electron chi connectivity index (χ4n) is 2.53. The molecule has 152 valence electrons. The van der Waals surface area contributed by atoms with Gasteiger partial charge in [0.15, 0.2) is 0 Å². The van der Waals surface area contributed by atoms with E-state index in [2.05, 4.69) is 20.1 Å². The van der Waals surface area contributed by atoms with Crippen LogP contribution in [0.25, 0.3) is 0 Å². The van der Waals surface area contributed by atoms with Gasteiger partial charge in [-0.2, -0.15) is 0 Å². The second-order valence-corrected chi connectivity index (χ2v) is 6.11. The van der Waals surface area contributed by atoms with Crippen LogP contribution in [0.15, 0.2) is 42.5 Å².